The Hall–Kier alpha value is -0.570. The average molecular weight is 226 g/mol. The molecular formula is C13H26N2O. The van der Waals surface area contributed by atoms with E-state index in [1.54, 1.807) is 0 Å². The molecule has 3 heteroatoms. The van der Waals surface area contributed by atoms with Crippen molar-refractivity contribution < 1.29 is 4.79 Å². The number of carbonyl (C=O) groups is 1. The van der Waals surface area contributed by atoms with Crippen molar-refractivity contribution in [1.29, 1.82) is 0 Å². The summed E-state index contributed by atoms with van der Waals surface area (Å²) in [6.07, 6.45) is 7.56. The van der Waals surface area contributed by atoms with Gasteiger partial charge in [-0.05, 0) is 26.2 Å². The molecule has 0 radical (unpaired) electrons. The molecule has 1 saturated carbocycles. The van der Waals surface area contributed by atoms with Crippen molar-refractivity contribution in [3.05, 3.63) is 0 Å². The number of carbonyl (C=O) groups excluding carboxylic acids is 1. The molecule has 0 heterocycles. The Bertz CT molecular complexity index is 210. The predicted octanol–water partition coefficient (Wildman–Crippen LogP) is 2.06. The lowest BCUT2D eigenvalue weighted by Gasteiger charge is -2.25. The zero-order chi connectivity index (χ0) is 12.0. The van der Waals surface area contributed by atoms with Gasteiger partial charge in [0.2, 0.25) is 5.91 Å². The summed E-state index contributed by atoms with van der Waals surface area (Å²) in [5.74, 6) is 0.883. The van der Waals surface area contributed by atoms with Gasteiger partial charge in [-0.1, -0.05) is 32.1 Å². The van der Waals surface area contributed by atoms with Gasteiger partial charge >= 0.3 is 0 Å². The summed E-state index contributed by atoms with van der Waals surface area (Å²) in [5.41, 5.74) is 5.71. The van der Waals surface area contributed by atoms with Crippen molar-refractivity contribution in [2.45, 2.75) is 58.4 Å². The first kappa shape index (κ1) is 13.5. The largest absolute Gasteiger partial charge is 0.354 e. The molecule has 1 aliphatic rings. The number of rotatable bonds is 5. The van der Waals surface area contributed by atoms with E-state index in [1.165, 1.54) is 32.1 Å². The molecule has 1 amide bonds. The third kappa shape index (κ3) is 4.52. The van der Waals surface area contributed by atoms with Gasteiger partial charge in [0.05, 0.1) is 5.92 Å². The van der Waals surface area contributed by atoms with E-state index in [1.807, 2.05) is 13.8 Å². The summed E-state index contributed by atoms with van der Waals surface area (Å²) in [6, 6.07) is 0.216. The van der Waals surface area contributed by atoms with Gasteiger partial charge in [-0.3, -0.25) is 4.79 Å². The fourth-order valence-corrected chi connectivity index (χ4v) is 2.54. The molecule has 0 aromatic rings. The first-order valence-electron chi connectivity index (χ1n) is 6.64. The first-order chi connectivity index (χ1) is 7.63. The number of hydrogen-bond acceptors (Lipinski definition) is 2. The van der Waals surface area contributed by atoms with Crippen molar-refractivity contribution in [3.8, 4) is 0 Å². The maximum atomic E-state index is 11.9. The second-order valence-electron chi connectivity index (χ2n) is 5.34. The first-order valence-corrected chi connectivity index (χ1v) is 6.64. The van der Waals surface area contributed by atoms with Crippen LogP contribution in [0.5, 0.6) is 0 Å². The summed E-state index contributed by atoms with van der Waals surface area (Å²) in [5, 5.41) is 2.96. The van der Waals surface area contributed by atoms with Crippen LogP contribution in [0.1, 0.15) is 52.4 Å². The highest BCUT2D eigenvalue weighted by Gasteiger charge is 2.23. The molecule has 16 heavy (non-hydrogen) atoms. The molecule has 3 N–H and O–H groups in total. The van der Waals surface area contributed by atoms with Crippen molar-refractivity contribution in [3.63, 3.8) is 0 Å². The number of amides is 1. The van der Waals surface area contributed by atoms with Crippen LogP contribution < -0.4 is 11.1 Å². The fraction of sp³-hybridized carbons (Fsp3) is 0.923. The normalized spacial score (nSPS) is 19.8. The van der Waals surface area contributed by atoms with E-state index >= 15 is 0 Å². The molecule has 0 spiro atoms. The van der Waals surface area contributed by atoms with Crippen molar-refractivity contribution in [2.75, 3.05) is 6.54 Å². The minimum absolute atomic E-state index is 0.0190. The molecule has 1 atom stereocenters. The summed E-state index contributed by atoms with van der Waals surface area (Å²) in [4.78, 5) is 11.9. The summed E-state index contributed by atoms with van der Waals surface area (Å²) >= 11 is 0. The molecule has 1 rings (SSSR count). The fourth-order valence-electron chi connectivity index (χ4n) is 2.54. The lowest BCUT2D eigenvalue weighted by atomic mass is 9.82. The van der Waals surface area contributed by atoms with E-state index in [0.29, 0.717) is 6.54 Å². The SMILES string of the molecule is CC(C)NC(=O)C(CN)CC1CCCCC1. The van der Waals surface area contributed by atoms with Gasteiger partial charge in [-0.15, -0.1) is 0 Å². The summed E-state index contributed by atoms with van der Waals surface area (Å²) in [6.45, 7) is 4.47. The molecular weight excluding hydrogens is 200 g/mol. The minimum atomic E-state index is 0.0190. The quantitative estimate of drug-likeness (QED) is 0.754. The average Bonchev–Trinajstić information content (AvgIpc) is 2.26. The van der Waals surface area contributed by atoms with E-state index < -0.39 is 0 Å². The Balaban J connectivity index is 2.37. The van der Waals surface area contributed by atoms with E-state index in [9.17, 15) is 4.79 Å². The lowest BCUT2D eigenvalue weighted by molar-refractivity contribution is -0.125. The Morgan fingerprint density at radius 3 is 2.44 bits per heavy atom. The number of hydrogen-bond donors (Lipinski definition) is 2. The third-order valence-electron chi connectivity index (χ3n) is 3.43. The lowest BCUT2D eigenvalue weighted by Crippen LogP contribution is -2.39. The van der Waals surface area contributed by atoms with Crippen LogP contribution in [0.15, 0.2) is 0 Å². The highest BCUT2D eigenvalue weighted by atomic mass is 16.1. The van der Waals surface area contributed by atoms with Crippen LogP contribution in [0.2, 0.25) is 0 Å². The second kappa shape index (κ2) is 6.89. The molecule has 0 saturated heterocycles. The van der Waals surface area contributed by atoms with Gasteiger partial charge < -0.3 is 11.1 Å². The van der Waals surface area contributed by atoms with Crippen LogP contribution in [0.25, 0.3) is 0 Å². The highest BCUT2D eigenvalue weighted by molar-refractivity contribution is 5.79. The zero-order valence-corrected chi connectivity index (χ0v) is 10.7. The van der Waals surface area contributed by atoms with Crippen molar-refractivity contribution in [1.82, 2.24) is 5.32 Å². The van der Waals surface area contributed by atoms with Crippen LogP contribution in [-0.2, 0) is 4.79 Å². The molecule has 1 aliphatic carbocycles. The molecule has 1 fully saturated rings. The minimum Gasteiger partial charge on any atom is -0.354 e. The van der Waals surface area contributed by atoms with Crippen LogP contribution in [0, 0.1) is 11.8 Å². The van der Waals surface area contributed by atoms with Gasteiger partial charge in [-0.2, -0.15) is 0 Å². The molecule has 94 valence electrons. The van der Waals surface area contributed by atoms with E-state index in [0.717, 1.165) is 12.3 Å². The molecule has 0 aromatic carbocycles. The van der Waals surface area contributed by atoms with Gasteiger partial charge in [0, 0.05) is 12.6 Å². The van der Waals surface area contributed by atoms with E-state index in [4.69, 9.17) is 5.73 Å². The molecule has 3 nitrogen and oxygen atoms in total. The van der Waals surface area contributed by atoms with Crippen molar-refractivity contribution >= 4 is 5.91 Å². The summed E-state index contributed by atoms with van der Waals surface area (Å²) in [7, 11) is 0. The molecule has 0 aromatic heterocycles. The third-order valence-corrected chi connectivity index (χ3v) is 3.43. The Morgan fingerprint density at radius 2 is 1.94 bits per heavy atom. The maximum Gasteiger partial charge on any atom is 0.224 e. The zero-order valence-electron chi connectivity index (χ0n) is 10.7. The monoisotopic (exact) mass is 226 g/mol. The number of nitrogens with one attached hydrogen (secondary N) is 1. The number of nitrogens with two attached hydrogens (primary N) is 1. The summed E-state index contributed by atoms with van der Waals surface area (Å²) < 4.78 is 0. The van der Waals surface area contributed by atoms with Crippen LogP contribution in [-0.4, -0.2) is 18.5 Å². The Labute approximate surface area is 99.2 Å². The standard InChI is InChI=1S/C13H26N2O/c1-10(2)15-13(16)12(9-14)8-11-6-4-3-5-7-11/h10-12H,3-9,14H2,1-2H3,(H,15,16). The van der Waals surface area contributed by atoms with Gasteiger partial charge in [0.1, 0.15) is 0 Å². The molecule has 0 aliphatic heterocycles. The molecule has 0 bridgehead atoms. The van der Waals surface area contributed by atoms with E-state index in [2.05, 4.69) is 5.32 Å². The van der Waals surface area contributed by atoms with Crippen molar-refractivity contribution in [2.24, 2.45) is 17.6 Å². The maximum absolute atomic E-state index is 11.9. The van der Waals surface area contributed by atoms with Crippen LogP contribution in [0.3, 0.4) is 0 Å². The topological polar surface area (TPSA) is 55.1 Å². The van der Waals surface area contributed by atoms with Gasteiger partial charge in [0.25, 0.3) is 0 Å². The Kier molecular flexibility index (Phi) is 5.81. The smallest absolute Gasteiger partial charge is 0.224 e. The molecule has 1 unspecified atom stereocenters. The van der Waals surface area contributed by atoms with E-state index in [-0.39, 0.29) is 17.9 Å². The van der Waals surface area contributed by atoms with Gasteiger partial charge in [0.15, 0.2) is 0 Å². The predicted molar refractivity (Wildman–Crippen MR) is 67.0 cm³/mol. The second-order valence-corrected chi connectivity index (χ2v) is 5.34. The Morgan fingerprint density at radius 1 is 1.31 bits per heavy atom. The highest BCUT2D eigenvalue weighted by Crippen LogP contribution is 2.28. The van der Waals surface area contributed by atoms with Gasteiger partial charge in [-0.25, -0.2) is 0 Å². The van der Waals surface area contributed by atoms with Crippen LogP contribution in [0.4, 0.5) is 0 Å². The van der Waals surface area contributed by atoms with Crippen LogP contribution >= 0.6 is 0 Å².